The molecular weight excluding hydrogens is 538 g/mol. The Balaban J connectivity index is 1.29. The first kappa shape index (κ1) is 27.1. The SMILES string of the molecule is CC(C)(C)OC(=O)NC1CCN(C(=O)c2cc3c(ccc4cnc(NC5C=C([SH](=O)=O)C=CC5)nc43)s2)CC1. The molecule has 0 saturated carbocycles. The Hall–Kier alpha value is -3.51. The van der Waals surface area contributed by atoms with E-state index >= 15 is 0 Å². The van der Waals surface area contributed by atoms with E-state index in [0.717, 1.165) is 21.0 Å². The molecule has 3 aromatic rings. The highest BCUT2D eigenvalue weighted by molar-refractivity contribution is 7.77. The highest BCUT2D eigenvalue weighted by Crippen LogP contribution is 2.33. The number of allylic oxidation sites excluding steroid dienone is 1. The first-order valence-electron chi connectivity index (χ1n) is 12.8. The van der Waals surface area contributed by atoms with Gasteiger partial charge in [-0.1, -0.05) is 6.08 Å². The molecule has 1 aliphatic heterocycles. The number of piperidine rings is 1. The number of rotatable bonds is 5. The Labute approximate surface area is 232 Å². The number of nitrogens with zero attached hydrogens (tertiary/aromatic N) is 3. The van der Waals surface area contributed by atoms with Crippen LogP contribution in [0.25, 0.3) is 21.0 Å². The van der Waals surface area contributed by atoms with Crippen LogP contribution in [0.1, 0.15) is 49.7 Å². The fraction of sp³-hybridized carbons (Fsp3) is 0.407. The van der Waals surface area contributed by atoms with Gasteiger partial charge in [0.25, 0.3) is 5.91 Å². The fourth-order valence-corrected chi connectivity index (χ4v) is 6.25. The van der Waals surface area contributed by atoms with Crippen molar-refractivity contribution in [2.75, 3.05) is 18.4 Å². The highest BCUT2D eigenvalue weighted by Gasteiger charge is 2.27. The maximum absolute atomic E-state index is 13.4. The van der Waals surface area contributed by atoms with Crippen molar-refractivity contribution in [1.29, 1.82) is 0 Å². The number of thiophene rings is 1. The number of likely N-dealkylation sites (tertiary alicyclic amines) is 1. The largest absolute Gasteiger partial charge is 0.444 e. The number of benzene rings is 1. The summed E-state index contributed by atoms with van der Waals surface area (Å²) in [4.78, 5) is 37.3. The van der Waals surface area contributed by atoms with Gasteiger partial charge >= 0.3 is 6.09 Å². The molecule has 10 nitrogen and oxygen atoms in total. The second-order valence-corrected chi connectivity index (χ2v) is 12.8. The first-order valence-corrected chi connectivity index (χ1v) is 14.8. The van der Waals surface area contributed by atoms with Gasteiger partial charge in [-0.2, -0.15) is 0 Å². The second-order valence-electron chi connectivity index (χ2n) is 10.7. The Kier molecular flexibility index (Phi) is 7.59. The molecule has 12 heteroatoms. The van der Waals surface area contributed by atoms with E-state index in [1.165, 1.54) is 11.3 Å². The molecule has 2 aromatic heterocycles. The number of nitrogens with one attached hydrogen (secondary N) is 2. The zero-order valence-electron chi connectivity index (χ0n) is 22.0. The molecule has 206 valence electrons. The lowest BCUT2D eigenvalue weighted by Gasteiger charge is -2.32. The number of hydrogen-bond acceptors (Lipinski definition) is 9. The standard InChI is InChI=1S/C27H31N5O5S2/c1-27(2,3)37-26(34)30-17-9-11-32(12-10-17)24(33)22-14-20-21(38-22)8-7-16-15-28-25(31-23(16)20)29-18-5-4-6-19(13-18)39(35)36/h4,6-8,13-15,17-18,39H,5,9-12H2,1-3H3,(H,30,34)(H,28,29,31). The highest BCUT2D eigenvalue weighted by atomic mass is 32.2. The minimum atomic E-state index is -2.66. The molecule has 1 unspecified atom stereocenters. The van der Waals surface area contributed by atoms with E-state index < -0.39 is 22.4 Å². The van der Waals surface area contributed by atoms with Crippen LogP contribution in [0.5, 0.6) is 0 Å². The number of amides is 2. The maximum atomic E-state index is 13.4. The summed E-state index contributed by atoms with van der Waals surface area (Å²) in [6.45, 7) is 6.57. The lowest BCUT2D eigenvalue weighted by molar-refractivity contribution is 0.0474. The van der Waals surface area contributed by atoms with Crippen LogP contribution in [0.15, 0.2) is 47.5 Å². The average Bonchev–Trinajstić information content (AvgIpc) is 3.33. The van der Waals surface area contributed by atoms with Crippen molar-refractivity contribution >= 4 is 61.0 Å². The van der Waals surface area contributed by atoms with Crippen LogP contribution >= 0.6 is 11.3 Å². The molecule has 5 rings (SSSR count). The predicted molar refractivity (Wildman–Crippen MR) is 153 cm³/mol. The molecule has 39 heavy (non-hydrogen) atoms. The van der Waals surface area contributed by atoms with Crippen LogP contribution in [-0.2, 0) is 15.4 Å². The molecule has 1 aliphatic carbocycles. The number of alkyl carbamates (subject to hydrolysis) is 1. The number of thiol groups is 1. The molecule has 2 amide bonds. The third-order valence-electron chi connectivity index (χ3n) is 6.54. The number of hydrogen-bond donors (Lipinski definition) is 3. The van der Waals surface area contributed by atoms with E-state index in [1.54, 1.807) is 18.3 Å². The normalized spacial score (nSPS) is 18.4. The van der Waals surface area contributed by atoms with Crippen LogP contribution in [-0.4, -0.2) is 66.1 Å². The van der Waals surface area contributed by atoms with Crippen LogP contribution < -0.4 is 10.6 Å². The molecule has 1 fully saturated rings. The van der Waals surface area contributed by atoms with Gasteiger partial charge in [-0.25, -0.2) is 23.2 Å². The number of aromatic nitrogens is 2. The van der Waals surface area contributed by atoms with E-state index in [-0.39, 0.29) is 22.9 Å². The molecule has 2 aliphatic rings. The van der Waals surface area contributed by atoms with Crippen molar-refractivity contribution < 1.29 is 22.7 Å². The van der Waals surface area contributed by atoms with E-state index in [9.17, 15) is 18.0 Å². The Morgan fingerprint density at radius 2 is 1.95 bits per heavy atom. The van der Waals surface area contributed by atoms with Crippen molar-refractivity contribution in [2.45, 2.75) is 57.7 Å². The van der Waals surface area contributed by atoms with Gasteiger partial charge in [-0.15, -0.1) is 11.3 Å². The second kappa shape index (κ2) is 10.9. The van der Waals surface area contributed by atoms with Gasteiger partial charge in [0.15, 0.2) is 10.7 Å². The van der Waals surface area contributed by atoms with Crippen molar-refractivity contribution in [1.82, 2.24) is 20.2 Å². The lowest BCUT2D eigenvalue weighted by Crippen LogP contribution is -2.47. The van der Waals surface area contributed by atoms with Crippen LogP contribution in [0, 0.1) is 0 Å². The number of ether oxygens (including phenoxy) is 1. The number of fused-ring (bicyclic) bond motifs is 3. The molecule has 0 spiro atoms. The van der Waals surface area contributed by atoms with E-state index in [1.807, 2.05) is 49.9 Å². The van der Waals surface area contributed by atoms with Gasteiger partial charge in [0.2, 0.25) is 5.95 Å². The third-order valence-corrected chi connectivity index (χ3v) is 8.35. The van der Waals surface area contributed by atoms with E-state index in [2.05, 4.69) is 15.6 Å². The molecular formula is C27H31N5O5S2. The summed E-state index contributed by atoms with van der Waals surface area (Å²) in [6.07, 6.45) is 8.30. The Morgan fingerprint density at radius 1 is 1.18 bits per heavy atom. The fourth-order valence-electron chi connectivity index (χ4n) is 4.69. The summed E-state index contributed by atoms with van der Waals surface area (Å²) < 4.78 is 29.0. The topological polar surface area (TPSA) is 131 Å². The summed E-state index contributed by atoms with van der Waals surface area (Å²) >= 11 is 1.43. The van der Waals surface area contributed by atoms with Crippen molar-refractivity contribution in [3.05, 3.63) is 52.4 Å². The van der Waals surface area contributed by atoms with Crippen LogP contribution in [0.4, 0.5) is 10.7 Å². The summed E-state index contributed by atoms with van der Waals surface area (Å²) in [5.74, 6) is 0.358. The van der Waals surface area contributed by atoms with E-state index in [0.29, 0.717) is 43.2 Å². The predicted octanol–water partition coefficient (Wildman–Crippen LogP) is 4.21. The van der Waals surface area contributed by atoms with Gasteiger partial charge in [-0.05, 0) is 70.4 Å². The van der Waals surface area contributed by atoms with Gasteiger partial charge in [0, 0.05) is 40.8 Å². The monoisotopic (exact) mass is 569 g/mol. The van der Waals surface area contributed by atoms with E-state index in [4.69, 9.17) is 9.72 Å². The van der Waals surface area contributed by atoms with Crippen molar-refractivity contribution in [3.63, 3.8) is 0 Å². The Bertz CT molecular complexity index is 1550. The smallest absolute Gasteiger partial charge is 0.407 e. The lowest BCUT2D eigenvalue weighted by atomic mass is 10.0. The average molecular weight is 570 g/mol. The first-order chi connectivity index (χ1) is 18.6. The number of carbonyl (C=O) groups excluding carboxylic acids is 2. The minimum Gasteiger partial charge on any atom is -0.444 e. The summed E-state index contributed by atoms with van der Waals surface area (Å²) in [5, 5.41) is 7.83. The van der Waals surface area contributed by atoms with Crippen molar-refractivity contribution in [3.8, 4) is 0 Å². The number of carbonyl (C=O) groups is 2. The number of anilines is 1. The molecule has 0 radical (unpaired) electrons. The molecule has 3 heterocycles. The zero-order chi connectivity index (χ0) is 27.7. The Morgan fingerprint density at radius 3 is 2.67 bits per heavy atom. The van der Waals surface area contributed by atoms with Gasteiger partial charge in [0.05, 0.1) is 21.3 Å². The zero-order valence-corrected chi connectivity index (χ0v) is 23.7. The molecule has 1 atom stereocenters. The summed E-state index contributed by atoms with van der Waals surface area (Å²) in [7, 11) is -2.66. The third kappa shape index (κ3) is 6.39. The summed E-state index contributed by atoms with van der Waals surface area (Å²) in [6, 6.07) is 5.53. The van der Waals surface area contributed by atoms with Gasteiger partial charge in [0.1, 0.15) is 5.60 Å². The van der Waals surface area contributed by atoms with Crippen molar-refractivity contribution in [2.24, 2.45) is 0 Å². The van der Waals surface area contributed by atoms with Crippen LogP contribution in [0.3, 0.4) is 0 Å². The molecule has 0 bridgehead atoms. The van der Waals surface area contributed by atoms with Gasteiger partial charge in [-0.3, -0.25) is 4.79 Å². The summed E-state index contributed by atoms with van der Waals surface area (Å²) in [5.41, 5.74) is 0.173. The molecule has 1 aromatic carbocycles. The quantitative estimate of drug-likeness (QED) is 0.390. The maximum Gasteiger partial charge on any atom is 0.407 e. The molecule has 1 saturated heterocycles. The van der Waals surface area contributed by atoms with Gasteiger partial charge < -0.3 is 20.3 Å². The minimum absolute atomic E-state index is 0.0299. The molecule has 2 N–H and O–H groups in total. The van der Waals surface area contributed by atoms with Crippen LogP contribution in [0.2, 0.25) is 0 Å².